The van der Waals surface area contributed by atoms with Crippen molar-refractivity contribution in [1.29, 1.82) is 0 Å². The second-order valence-corrected chi connectivity index (χ2v) is 12.5. The smallest absolute Gasteiger partial charge is 0.230 e. The highest BCUT2D eigenvalue weighted by molar-refractivity contribution is 7.90. The number of hydrogen-bond donors (Lipinski definition) is 1. The number of piperidine rings is 1. The number of benzene rings is 2. The molecule has 2 aliphatic rings. The third kappa shape index (κ3) is 7.89. The van der Waals surface area contributed by atoms with E-state index in [0.717, 1.165) is 63.8 Å². The normalized spacial score (nSPS) is 17.9. The quantitative estimate of drug-likeness (QED) is 0.511. The Kier molecular flexibility index (Phi) is 9.38. The van der Waals surface area contributed by atoms with E-state index in [-0.39, 0.29) is 22.6 Å². The zero-order valence-corrected chi connectivity index (χ0v) is 22.6. The molecule has 1 saturated heterocycles. The Morgan fingerprint density at radius 1 is 0.919 bits per heavy atom. The minimum absolute atomic E-state index is 0.0427. The highest BCUT2D eigenvalue weighted by Crippen LogP contribution is 2.28. The average Bonchev–Trinajstić information content (AvgIpc) is 2.90. The Balaban J connectivity index is 1.24. The minimum Gasteiger partial charge on any atom is -0.326 e. The Labute approximate surface area is 221 Å². The van der Waals surface area contributed by atoms with E-state index in [0.29, 0.717) is 24.6 Å². The van der Waals surface area contributed by atoms with Gasteiger partial charge in [0.25, 0.3) is 0 Å². The average molecular weight is 526 g/mol. The number of nitrogens with zero attached hydrogens (tertiary/aromatic N) is 2. The van der Waals surface area contributed by atoms with Gasteiger partial charge in [0, 0.05) is 43.1 Å². The van der Waals surface area contributed by atoms with Crippen molar-refractivity contribution in [3.8, 4) is 0 Å². The first-order valence-corrected chi connectivity index (χ1v) is 15.4. The lowest BCUT2D eigenvalue weighted by molar-refractivity contribution is -0.123. The van der Waals surface area contributed by atoms with Gasteiger partial charge in [0.2, 0.25) is 11.8 Å². The topological polar surface area (TPSA) is 86.8 Å². The van der Waals surface area contributed by atoms with E-state index in [1.807, 2.05) is 35.2 Å². The van der Waals surface area contributed by atoms with Gasteiger partial charge in [-0.1, -0.05) is 37.5 Å². The summed E-state index contributed by atoms with van der Waals surface area (Å²) < 4.78 is 23.2. The SMILES string of the molecule is CS(=O)(=O)c1ccc(NC(=O)CC2CCN(CCN(C(=O)C3CCCCC3)c3ccccc3)CC2)cc1. The zero-order chi connectivity index (χ0) is 26.3. The molecule has 200 valence electrons. The molecule has 2 aromatic rings. The maximum absolute atomic E-state index is 13.4. The lowest BCUT2D eigenvalue weighted by Gasteiger charge is -2.35. The van der Waals surface area contributed by atoms with Gasteiger partial charge in [-0.3, -0.25) is 9.59 Å². The monoisotopic (exact) mass is 525 g/mol. The molecule has 0 aromatic heterocycles. The van der Waals surface area contributed by atoms with Gasteiger partial charge in [-0.2, -0.15) is 0 Å². The first-order valence-electron chi connectivity index (χ1n) is 13.5. The fourth-order valence-corrected chi connectivity index (χ4v) is 6.09. The molecule has 0 atom stereocenters. The molecule has 1 N–H and O–H groups in total. The molecule has 2 aromatic carbocycles. The summed E-state index contributed by atoms with van der Waals surface area (Å²) in [5.74, 6) is 0.683. The molecule has 0 spiro atoms. The van der Waals surface area contributed by atoms with Crippen molar-refractivity contribution in [2.75, 3.05) is 42.7 Å². The second-order valence-electron chi connectivity index (χ2n) is 10.5. The molecule has 1 saturated carbocycles. The summed E-state index contributed by atoms with van der Waals surface area (Å²) in [6.07, 6.45) is 9.04. The molecule has 2 fully saturated rings. The molecule has 4 rings (SSSR count). The molecule has 2 amide bonds. The highest BCUT2D eigenvalue weighted by atomic mass is 32.2. The van der Waals surface area contributed by atoms with Gasteiger partial charge in [-0.15, -0.1) is 0 Å². The highest BCUT2D eigenvalue weighted by Gasteiger charge is 2.28. The Hall–Kier alpha value is -2.71. The fourth-order valence-electron chi connectivity index (χ4n) is 5.46. The predicted octanol–water partition coefficient (Wildman–Crippen LogP) is 4.74. The molecular formula is C29H39N3O4S. The summed E-state index contributed by atoms with van der Waals surface area (Å²) in [6.45, 7) is 3.36. The number of hydrogen-bond acceptors (Lipinski definition) is 5. The fraction of sp³-hybridized carbons (Fsp3) is 0.517. The molecule has 8 heteroatoms. The second kappa shape index (κ2) is 12.7. The molecule has 0 bridgehead atoms. The molecule has 37 heavy (non-hydrogen) atoms. The number of nitrogens with one attached hydrogen (secondary N) is 1. The van der Waals surface area contributed by atoms with E-state index in [9.17, 15) is 18.0 Å². The van der Waals surface area contributed by atoms with Crippen LogP contribution in [0.5, 0.6) is 0 Å². The van der Waals surface area contributed by atoms with Crippen LogP contribution in [0.4, 0.5) is 11.4 Å². The van der Waals surface area contributed by atoms with Gasteiger partial charge in [0.15, 0.2) is 9.84 Å². The summed E-state index contributed by atoms with van der Waals surface area (Å²) >= 11 is 0. The van der Waals surface area contributed by atoms with E-state index in [2.05, 4.69) is 10.2 Å². The summed E-state index contributed by atoms with van der Waals surface area (Å²) in [5, 5.41) is 2.89. The van der Waals surface area contributed by atoms with Crippen LogP contribution in [0.2, 0.25) is 0 Å². The number of rotatable bonds is 9. The maximum Gasteiger partial charge on any atom is 0.230 e. The van der Waals surface area contributed by atoms with Crippen molar-refractivity contribution >= 4 is 33.0 Å². The van der Waals surface area contributed by atoms with Gasteiger partial charge in [-0.25, -0.2) is 8.42 Å². The van der Waals surface area contributed by atoms with E-state index < -0.39 is 9.84 Å². The van der Waals surface area contributed by atoms with Crippen molar-refractivity contribution in [3.63, 3.8) is 0 Å². The van der Waals surface area contributed by atoms with E-state index in [1.54, 1.807) is 12.1 Å². The van der Waals surface area contributed by atoms with Crippen LogP contribution in [0.15, 0.2) is 59.5 Å². The number of sulfone groups is 1. The van der Waals surface area contributed by atoms with Crippen molar-refractivity contribution in [2.24, 2.45) is 11.8 Å². The largest absolute Gasteiger partial charge is 0.326 e. The van der Waals surface area contributed by atoms with Gasteiger partial charge >= 0.3 is 0 Å². The third-order valence-electron chi connectivity index (χ3n) is 7.68. The van der Waals surface area contributed by atoms with Crippen LogP contribution in [-0.4, -0.2) is 57.6 Å². The molecule has 1 aliphatic heterocycles. The van der Waals surface area contributed by atoms with Crippen LogP contribution in [0, 0.1) is 11.8 Å². The standard InChI is InChI=1S/C29H39N3O4S/c1-37(35,36)27-14-12-25(13-15-27)30-28(33)22-23-16-18-31(19-17-23)20-21-32(26-10-6-3-7-11-26)29(34)24-8-4-2-5-9-24/h3,6-7,10-15,23-24H,2,4-5,8-9,16-22H2,1H3,(H,30,33). The molecule has 7 nitrogen and oxygen atoms in total. The van der Waals surface area contributed by atoms with Crippen LogP contribution < -0.4 is 10.2 Å². The molecule has 1 aliphatic carbocycles. The van der Waals surface area contributed by atoms with Gasteiger partial charge in [0.1, 0.15) is 0 Å². The molecule has 0 unspecified atom stereocenters. The number of amides is 2. The van der Waals surface area contributed by atoms with Gasteiger partial charge in [-0.05, 0) is 81.1 Å². The summed E-state index contributed by atoms with van der Waals surface area (Å²) in [7, 11) is -3.25. The molecular weight excluding hydrogens is 486 g/mol. The van der Waals surface area contributed by atoms with Crippen LogP contribution in [-0.2, 0) is 19.4 Å². The van der Waals surface area contributed by atoms with E-state index in [1.165, 1.54) is 24.8 Å². The van der Waals surface area contributed by atoms with Crippen LogP contribution in [0.1, 0.15) is 51.4 Å². The zero-order valence-electron chi connectivity index (χ0n) is 21.8. The number of para-hydroxylation sites is 1. The van der Waals surface area contributed by atoms with Crippen LogP contribution >= 0.6 is 0 Å². The first-order chi connectivity index (χ1) is 17.8. The van der Waals surface area contributed by atoms with Crippen LogP contribution in [0.25, 0.3) is 0 Å². The van der Waals surface area contributed by atoms with Crippen molar-refractivity contribution in [2.45, 2.75) is 56.3 Å². The molecule has 1 heterocycles. The Bertz CT molecular complexity index is 1140. The number of carbonyl (C=O) groups is 2. The summed E-state index contributed by atoms with van der Waals surface area (Å²) in [4.78, 5) is 30.6. The summed E-state index contributed by atoms with van der Waals surface area (Å²) in [5.41, 5.74) is 1.59. The van der Waals surface area contributed by atoms with E-state index in [4.69, 9.17) is 0 Å². The predicted molar refractivity (Wildman–Crippen MR) is 147 cm³/mol. The summed E-state index contributed by atoms with van der Waals surface area (Å²) in [6, 6.07) is 16.3. The van der Waals surface area contributed by atoms with Crippen molar-refractivity contribution in [1.82, 2.24) is 4.90 Å². The van der Waals surface area contributed by atoms with Gasteiger partial charge in [0.05, 0.1) is 4.90 Å². The van der Waals surface area contributed by atoms with E-state index >= 15 is 0 Å². The number of anilines is 2. The number of carbonyl (C=O) groups excluding carboxylic acids is 2. The third-order valence-corrected chi connectivity index (χ3v) is 8.80. The maximum atomic E-state index is 13.4. The lowest BCUT2D eigenvalue weighted by Crippen LogP contribution is -2.44. The molecule has 0 radical (unpaired) electrons. The van der Waals surface area contributed by atoms with Crippen LogP contribution in [0.3, 0.4) is 0 Å². The van der Waals surface area contributed by atoms with Gasteiger partial charge < -0.3 is 15.1 Å². The first kappa shape index (κ1) is 27.3. The van der Waals surface area contributed by atoms with Crippen molar-refractivity contribution in [3.05, 3.63) is 54.6 Å². The number of likely N-dealkylation sites (tertiary alicyclic amines) is 1. The Morgan fingerprint density at radius 2 is 1.57 bits per heavy atom. The minimum atomic E-state index is -3.25. The Morgan fingerprint density at radius 3 is 2.19 bits per heavy atom. The van der Waals surface area contributed by atoms with Crippen molar-refractivity contribution < 1.29 is 18.0 Å². The lowest BCUT2D eigenvalue weighted by atomic mass is 9.88.